The topological polar surface area (TPSA) is 58.8 Å². The fourth-order valence-electron chi connectivity index (χ4n) is 2.23. The first-order valence-electron chi connectivity index (χ1n) is 8.44. The molecule has 5 nitrogen and oxygen atoms in total. The lowest BCUT2D eigenvalue weighted by Crippen LogP contribution is -2.38. The molecule has 0 bridgehead atoms. The molecule has 6 heteroatoms. The Bertz CT molecular complexity index is 447. The smallest absolute Gasteiger partial charge is 0.191 e. The second-order valence-corrected chi connectivity index (χ2v) is 5.68. The van der Waals surface area contributed by atoms with Crippen molar-refractivity contribution in [2.75, 3.05) is 26.2 Å². The van der Waals surface area contributed by atoms with Gasteiger partial charge in [-0.05, 0) is 31.4 Å². The van der Waals surface area contributed by atoms with Crippen molar-refractivity contribution in [3.05, 3.63) is 36.8 Å². The maximum atomic E-state index is 5.76. The van der Waals surface area contributed by atoms with E-state index < -0.39 is 0 Å². The molecule has 0 fully saturated rings. The molecule has 0 radical (unpaired) electrons. The molecule has 0 amide bonds. The van der Waals surface area contributed by atoms with Gasteiger partial charge in [-0.3, -0.25) is 4.99 Å². The molecule has 138 valence electrons. The van der Waals surface area contributed by atoms with Gasteiger partial charge in [-0.2, -0.15) is 0 Å². The predicted molar refractivity (Wildman–Crippen MR) is 111 cm³/mol. The molecule has 1 aromatic rings. The summed E-state index contributed by atoms with van der Waals surface area (Å²) < 4.78 is 11.1. The van der Waals surface area contributed by atoms with E-state index in [1.165, 1.54) is 0 Å². The molecule has 1 unspecified atom stereocenters. The molecule has 1 heterocycles. The van der Waals surface area contributed by atoms with Gasteiger partial charge in [-0.15, -0.1) is 30.6 Å². The van der Waals surface area contributed by atoms with E-state index in [0.29, 0.717) is 12.5 Å². The molecule has 0 saturated carbocycles. The van der Waals surface area contributed by atoms with Gasteiger partial charge >= 0.3 is 0 Å². The third-order valence-corrected chi connectivity index (χ3v) is 3.47. The lowest BCUT2D eigenvalue weighted by atomic mass is 10.0. The van der Waals surface area contributed by atoms with Crippen LogP contribution in [0.25, 0.3) is 0 Å². The van der Waals surface area contributed by atoms with Crippen molar-refractivity contribution < 1.29 is 9.15 Å². The molecule has 0 saturated heterocycles. The Balaban J connectivity index is 0.00000529. The number of halogens is 1. The van der Waals surface area contributed by atoms with Gasteiger partial charge < -0.3 is 19.8 Å². The number of furan rings is 1. The molecule has 24 heavy (non-hydrogen) atoms. The zero-order valence-electron chi connectivity index (χ0n) is 15.1. The molecule has 1 rings (SSSR count). The van der Waals surface area contributed by atoms with Crippen molar-refractivity contribution >= 4 is 29.9 Å². The molecule has 0 aliphatic heterocycles. The normalized spacial score (nSPS) is 12.6. The second kappa shape index (κ2) is 14.3. The molecule has 1 aromatic heterocycles. The quantitative estimate of drug-likeness (QED) is 0.235. The maximum Gasteiger partial charge on any atom is 0.191 e. The summed E-state index contributed by atoms with van der Waals surface area (Å²) in [4.78, 5) is 4.62. The molecule has 0 spiro atoms. The Morgan fingerprint density at radius 3 is 2.79 bits per heavy atom. The maximum absolute atomic E-state index is 5.76. The third-order valence-electron chi connectivity index (χ3n) is 3.47. The number of ether oxygens (including phenoxy) is 1. The van der Waals surface area contributed by atoms with Crippen LogP contribution in [0.1, 0.15) is 33.0 Å². The van der Waals surface area contributed by atoms with Crippen LogP contribution in [-0.2, 0) is 11.2 Å². The standard InChI is InChI=1S/C18H31N3O2.HI/c1-5-11-19-18(20-12-9-16-8-7-14-23-16)21-13-10-17(15(3)4)22-6-2;/h5,7-8,14-15,17H,1,6,9-13H2,2-4H3,(H2,19,20,21);1H. The molecule has 1 atom stereocenters. The van der Waals surface area contributed by atoms with Gasteiger partial charge in [-0.25, -0.2) is 0 Å². The van der Waals surface area contributed by atoms with Gasteiger partial charge in [0.25, 0.3) is 0 Å². The lowest BCUT2D eigenvalue weighted by molar-refractivity contribution is 0.0266. The lowest BCUT2D eigenvalue weighted by Gasteiger charge is -2.20. The van der Waals surface area contributed by atoms with Gasteiger partial charge in [0.15, 0.2) is 5.96 Å². The van der Waals surface area contributed by atoms with Crippen LogP contribution in [0.5, 0.6) is 0 Å². The summed E-state index contributed by atoms with van der Waals surface area (Å²) in [6, 6.07) is 3.88. The number of guanidine groups is 1. The number of hydrogen-bond donors (Lipinski definition) is 2. The van der Waals surface area contributed by atoms with E-state index in [1.54, 1.807) is 6.26 Å². The first kappa shape index (κ1) is 23.0. The number of nitrogens with one attached hydrogen (secondary N) is 2. The van der Waals surface area contributed by atoms with Crippen LogP contribution >= 0.6 is 24.0 Å². The van der Waals surface area contributed by atoms with Crippen molar-refractivity contribution in [2.24, 2.45) is 10.9 Å². The van der Waals surface area contributed by atoms with Crippen LogP contribution in [-0.4, -0.2) is 38.3 Å². The van der Waals surface area contributed by atoms with E-state index in [4.69, 9.17) is 9.15 Å². The SMILES string of the molecule is C=CCNC(=NCCC(OCC)C(C)C)NCCc1ccco1.I. The van der Waals surface area contributed by atoms with Crippen LogP contribution < -0.4 is 10.6 Å². The summed E-state index contributed by atoms with van der Waals surface area (Å²) >= 11 is 0. The summed E-state index contributed by atoms with van der Waals surface area (Å²) in [5.74, 6) is 2.27. The Morgan fingerprint density at radius 1 is 1.42 bits per heavy atom. The Kier molecular flexibility index (Phi) is 13.7. The van der Waals surface area contributed by atoms with Gasteiger partial charge in [-0.1, -0.05) is 19.9 Å². The first-order valence-corrected chi connectivity index (χ1v) is 8.44. The van der Waals surface area contributed by atoms with Crippen LogP contribution in [0.15, 0.2) is 40.5 Å². The fourth-order valence-corrected chi connectivity index (χ4v) is 2.23. The number of rotatable bonds is 11. The number of nitrogens with zero attached hydrogens (tertiary/aromatic N) is 1. The highest BCUT2D eigenvalue weighted by atomic mass is 127. The Hall–Kier alpha value is -1.02. The zero-order valence-corrected chi connectivity index (χ0v) is 17.4. The molecule has 0 aliphatic rings. The summed E-state index contributed by atoms with van der Waals surface area (Å²) in [6.45, 7) is 13.1. The van der Waals surface area contributed by atoms with E-state index in [9.17, 15) is 0 Å². The van der Waals surface area contributed by atoms with Crippen LogP contribution in [0.2, 0.25) is 0 Å². The van der Waals surface area contributed by atoms with Crippen molar-refractivity contribution in [1.29, 1.82) is 0 Å². The summed E-state index contributed by atoms with van der Waals surface area (Å²) in [5.41, 5.74) is 0. The van der Waals surface area contributed by atoms with E-state index in [-0.39, 0.29) is 30.1 Å². The third kappa shape index (κ3) is 9.97. The number of hydrogen-bond acceptors (Lipinski definition) is 3. The van der Waals surface area contributed by atoms with E-state index in [2.05, 4.69) is 36.1 Å². The van der Waals surface area contributed by atoms with E-state index >= 15 is 0 Å². The van der Waals surface area contributed by atoms with Gasteiger partial charge in [0, 0.05) is 32.7 Å². The molecular weight excluding hydrogens is 417 g/mol. The van der Waals surface area contributed by atoms with Gasteiger partial charge in [0.05, 0.1) is 12.4 Å². The van der Waals surface area contributed by atoms with Crippen molar-refractivity contribution in [1.82, 2.24) is 10.6 Å². The highest BCUT2D eigenvalue weighted by Gasteiger charge is 2.12. The summed E-state index contributed by atoms with van der Waals surface area (Å²) in [5, 5.41) is 6.55. The summed E-state index contributed by atoms with van der Waals surface area (Å²) in [7, 11) is 0. The Labute approximate surface area is 163 Å². The van der Waals surface area contributed by atoms with Gasteiger partial charge in [0.2, 0.25) is 0 Å². The van der Waals surface area contributed by atoms with Crippen molar-refractivity contribution in [3.63, 3.8) is 0 Å². The largest absolute Gasteiger partial charge is 0.469 e. The van der Waals surface area contributed by atoms with Crippen LogP contribution in [0.4, 0.5) is 0 Å². The van der Waals surface area contributed by atoms with Crippen LogP contribution in [0.3, 0.4) is 0 Å². The van der Waals surface area contributed by atoms with E-state index in [1.807, 2.05) is 25.1 Å². The predicted octanol–water partition coefficient (Wildman–Crippen LogP) is 3.61. The number of aliphatic imine (C=N–C) groups is 1. The minimum atomic E-state index is 0. The highest BCUT2D eigenvalue weighted by Crippen LogP contribution is 2.10. The van der Waals surface area contributed by atoms with Crippen molar-refractivity contribution in [3.8, 4) is 0 Å². The Morgan fingerprint density at radius 2 is 2.21 bits per heavy atom. The monoisotopic (exact) mass is 449 g/mol. The van der Waals surface area contributed by atoms with E-state index in [0.717, 1.165) is 44.3 Å². The minimum absolute atomic E-state index is 0. The molecular formula is C18H32IN3O2. The summed E-state index contributed by atoms with van der Waals surface area (Å²) in [6.07, 6.45) is 5.52. The average Bonchev–Trinajstić information content (AvgIpc) is 3.04. The highest BCUT2D eigenvalue weighted by molar-refractivity contribution is 14.0. The van der Waals surface area contributed by atoms with Gasteiger partial charge in [0.1, 0.15) is 5.76 Å². The van der Waals surface area contributed by atoms with Crippen LogP contribution in [0, 0.1) is 5.92 Å². The molecule has 2 N–H and O–H groups in total. The fraction of sp³-hybridized carbons (Fsp3) is 0.611. The molecule has 0 aliphatic carbocycles. The molecule has 0 aromatic carbocycles. The zero-order chi connectivity index (χ0) is 16.9. The minimum Gasteiger partial charge on any atom is -0.469 e. The second-order valence-electron chi connectivity index (χ2n) is 5.68. The first-order chi connectivity index (χ1) is 11.2. The average molecular weight is 449 g/mol. The van der Waals surface area contributed by atoms with Crippen molar-refractivity contribution in [2.45, 2.75) is 39.7 Å².